The Morgan fingerprint density at radius 2 is 2.14 bits per heavy atom. The van der Waals surface area contributed by atoms with Crippen molar-refractivity contribution in [3.05, 3.63) is 34.9 Å². The third kappa shape index (κ3) is 3.39. The van der Waals surface area contributed by atoms with Gasteiger partial charge in [0, 0.05) is 12.5 Å². The van der Waals surface area contributed by atoms with Crippen molar-refractivity contribution in [2.45, 2.75) is 45.0 Å². The minimum absolute atomic E-state index is 0.0905. The number of halogens is 3. The third-order valence-electron chi connectivity index (χ3n) is 4.20. The number of hydrogen-bond donors (Lipinski definition) is 2. The third-order valence-corrected chi connectivity index (χ3v) is 4.20. The summed E-state index contributed by atoms with van der Waals surface area (Å²) in [6.45, 7) is 4.39. The van der Waals surface area contributed by atoms with Gasteiger partial charge < -0.3 is 4.74 Å². The number of nitrogens with one attached hydrogen (secondary N) is 1. The monoisotopic (exact) mass is 302 g/mol. The van der Waals surface area contributed by atoms with Crippen LogP contribution in [-0.4, -0.2) is 12.7 Å². The van der Waals surface area contributed by atoms with Gasteiger partial charge in [-0.05, 0) is 43.0 Å². The maximum absolute atomic E-state index is 12.7. The topological polar surface area (TPSA) is 47.3 Å². The number of nitrogens with two attached hydrogens (primary N) is 1. The minimum atomic E-state index is -4.32. The lowest BCUT2D eigenvalue weighted by atomic mass is 9.85. The van der Waals surface area contributed by atoms with Crippen LogP contribution >= 0.6 is 0 Å². The fourth-order valence-corrected chi connectivity index (χ4v) is 3.11. The van der Waals surface area contributed by atoms with Gasteiger partial charge in [0.15, 0.2) is 0 Å². The van der Waals surface area contributed by atoms with Gasteiger partial charge in [-0.3, -0.25) is 11.3 Å². The summed E-state index contributed by atoms with van der Waals surface area (Å²) in [5, 5.41) is 0. The molecule has 1 aromatic rings. The summed E-state index contributed by atoms with van der Waals surface area (Å²) in [4.78, 5) is 0. The molecule has 1 aromatic carbocycles. The molecule has 1 saturated heterocycles. The Morgan fingerprint density at radius 3 is 2.67 bits per heavy atom. The number of rotatable bonds is 4. The summed E-state index contributed by atoms with van der Waals surface area (Å²) in [5.74, 6) is 5.84. The molecule has 21 heavy (non-hydrogen) atoms. The molecule has 3 N–H and O–H groups in total. The highest BCUT2D eigenvalue weighted by molar-refractivity contribution is 5.35. The molecular weight excluding hydrogens is 281 g/mol. The molecule has 1 aliphatic rings. The molecule has 0 saturated carbocycles. The van der Waals surface area contributed by atoms with Gasteiger partial charge in [0.2, 0.25) is 0 Å². The first-order valence-electron chi connectivity index (χ1n) is 7.14. The molecule has 6 heteroatoms. The van der Waals surface area contributed by atoms with Crippen LogP contribution in [0.1, 0.15) is 42.5 Å². The van der Waals surface area contributed by atoms with Crippen LogP contribution in [0.4, 0.5) is 13.2 Å². The average molecular weight is 302 g/mol. The SMILES string of the molecule is CCC1OCCC1C(NN)c1ccc(C(F)(F)F)cc1C. The van der Waals surface area contributed by atoms with Crippen molar-refractivity contribution in [2.24, 2.45) is 11.8 Å². The van der Waals surface area contributed by atoms with Gasteiger partial charge in [-0.15, -0.1) is 0 Å². The largest absolute Gasteiger partial charge is 0.416 e. The van der Waals surface area contributed by atoms with Crippen molar-refractivity contribution < 1.29 is 17.9 Å². The van der Waals surface area contributed by atoms with E-state index >= 15 is 0 Å². The molecule has 0 aromatic heterocycles. The number of ether oxygens (including phenoxy) is 1. The van der Waals surface area contributed by atoms with E-state index in [2.05, 4.69) is 5.43 Å². The van der Waals surface area contributed by atoms with Crippen molar-refractivity contribution in [1.29, 1.82) is 0 Å². The highest BCUT2D eigenvalue weighted by Gasteiger charge is 2.36. The second kappa shape index (κ2) is 6.34. The van der Waals surface area contributed by atoms with E-state index in [1.165, 1.54) is 12.1 Å². The van der Waals surface area contributed by atoms with Gasteiger partial charge in [-0.2, -0.15) is 13.2 Å². The van der Waals surface area contributed by atoms with Crippen molar-refractivity contribution in [1.82, 2.24) is 5.43 Å². The molecule has 1 aliphatic heterocycles. The molecule has 0 amide bonds. The average Bonchev–Trinajstić information content (AvgIpc) is 2.88. The van der Waals surface area contributed by atoms with E-state index in [9.17, 15) is 13.2 Å². The van der Waals surface area contributed by atoms with Crippen LogP contribution in [0.15, 0.2) is 18.2 Å². The fourth-order valence-electron chi connectivity index (χ4n) is 3.11. The van der Waals surface area contributed by atoms with Gasteiger partial charge in [0.25, 0.3) is 0 Å². The van der Waals surface area contributed by atoms with E-state index in [4.69, 9.17) is 10.6 Å². The normalized spacial score (nSPS) is 24.3. The first kappa shape index (κ1) is 16.3. The highest BCUT2D eigenvalue weighted by Crippen LogP contribution is 2.37. The van der Waals surface area contributed by atoms with E-state index in [1.807, 2.05) is 6.92 Å². The standard InChI is InChI=1S/C15H21F3N2O/c1-3-13-12(6-7-21-13)14(20-19)11-5-4-10(8-9(11)2)15(16,17)18/h4-5,8,12-14,20H,3,6-7,19H2,1-2H3. The van der Waals surface area contributed by atoms with Gasteiger partial charge in [-0.25, -0.2) is 0 Å². The molecule has 2 rings (SSSR count). The zero-order chi connectivity index (χ0) is 15.6. The molecule has 0 aliphatic carbocycles. The number of hydrazine groups is 1. The number of hydrogen-bond acceptors (Lipinski definition) is 3. The van der Waals surface area contributed by atoms with Gasteiger partial charge in [0.05, 0.1) is 17.7 Å². The molecular formula is C15H21F3N2O. The smallest absolute Gasteiger partial charge is 0.378 e. The predicted octanol–water partition coefficient (Wildman–Crippen LogP) is 3.33. The Morgan fingerprint density at radius 1 is 1.43 bits per heavy atom. The molecule has 3 nitrogen and oxygen atoms in total. The lowest BCUT2D eigenvalue weighted by Gasteiger charge is -2.28. The molecule has 3 atom stereocenters. The van der Waals surface area contributed by atoms with Gasteiger partial charge in [0.1, 0.15) is 0 Å². The van der Waals surface area contributed by atoms with E-state index < -0.39 is 11.7 Å². The summed E-state index contributed by atoms with van der Waals surface area (Å²) in [7, 11) is 0. The van der Waals surface area contributed by atoms with E-state index in [0.717, 1.165) is 24.5 Å². The van der Waals surface area contributed by atoms with E-state index in [-0.39, 0.29) is 18.1 Å². The quantitative estimate of drug-likeness (QED) is 0.662. The Balaban J connectivity index is 2.30. The van der Waals surface area contributed by atoms with Gasteiger partial charge in [-0.1, -0.05) is 13.0 Å². The molecule has 0 radical (unpaired) electrons. The van der Waals surface area contributed by atoms with E-state index in [0.29, 0.717) is 12.2 Å². The summed E-state index contributed by atoms with van der Waals surface area (Å²) in [6, 6.07) is 3.62. The zero-order valence-electron chi connectivity index (χ0n) is 12.2. The van der Waals surface area contributed by atoms with Crippen LogP contribution < -0.4 is 11.3 Å². The van der Waals surface area contributed by atoms with Crippen molar-refractivity contribution >= 4 is 0 Å². The molecule has 3 unspecified atom stereocenters. The van der Waals surface area contributed by atoms with Crippen molar-refractivity contribution in [2.75, 3.05) is 6.61 Å². The van der Waals surface area contributed by atoms with Crippen molar-refractivity contribution in [3.63, 3.8) is 0 Å². The zero-order valence-corrected chi connectivity index (χ0v) is 12.2. The summed E-state index contributed by atoms with van der Waals surface area (Å²) >= 11 is 0. The van der Waals surface area contributed by atoms with Gasteiger partial charge >= 0.3 is 6.18 Å². The molecule has 1 heterocycles. The Bertz CT molecular complexity index is 490. The van der Waals surface area contributed by atoms with Crippen molar-refractivity contribution in [3.8, 4) is 0 Å². The number of aryl methyl sites for hydroxylation is 1. The Labute approximate surface area is 122 Å². The Hall–Kier alpha value is -1.11. The molecule has 0 bridgehead atoms. The predicted molar refractivity (Wildman–Crippen MR) is 74.4 cm³/mol. The van der Waals surface area contributed by atoms with Crippen LogP contribution in [0, 0.1) is 12.8 Å². The molecule has 118 valence electrons. The maximum atomic E-state index is 12.7. The second-order valence-corrected chi connectivity index (χ2v) is 5.48. The minimum Gasteiger partial charge on any atom is -0.378 e. The lowest BCUT2D eigenvalue weighted by molar-refractivity contribution is -0.137. The summed E-state index contributed by atoms with van der Waals surface area (Å²) in [6.07, 6.45) is -2.51. The van der Waals surface area contributed by atoms with E-state index in [1.54, 1.807) is 6.92 Å². The van der Waals surface area contributed by atoms with Crippen LogP contribution in [0.3, 0.4) is 0 Å². The first-order valence-corrected chi connectivity index (χ1v) is 7.14. The number of benzene rings is 1. The first-order chi connectivity index (χ1) is 9.88. The van der Waals surface area contributed by atoms with Crippen LogP contribution in [0.5, 0.6) is 0 Å². The highest BCUT2D eigenvalue weighted by atomic mass is 19.4. The Kier molecular flexibility index (Phi) is 4.91. The fraction of sp³-hybridized carbons (Fsp3) is 0.600. The number of alkyl halides is 3. The maximum Gasteiger partial charge on any atom is 0.416 e. The summed E-state index contributed by atoms with van der Waals surface area (Å²) in [5.41, 5.74) is 3.53. The molecule has 1 fully saturated rings. The van der Waals surface area contributed by atoms with Crippen LogP contribution in [-0.2, 0) is 10.9 Å². The van der Waals surface area contributed by atoms with Crippen LogP contribution in [0.25, 0.3) is 0 Å². The van der Waals surface area contributed by atoms with Crippen LogP contribution in [0.2, 0.25) is 0 Å². The summed E-state index contributed by atoms with van der Waals surface area (Å²) < 4.78 is 43.9. The lowest BCUT2D eigenvalue weighted by Crippen LogP contribution is -2.37. The second-order valence-electron chi connectivity index (χ2n) is 5.48. The molecule has 0 spiro atoms.